The van der Waals surface area contributed by atoms with Crippen molar-refractivity contribution in [2.45, 2.75) is 25.8 Å². The molecule has 0 bridgehead atoms. The molecule has 1 saturated carbocycles. The Morgan fingerprint density at radius 1 is 1.17 bits per heavy atom. The second-order valence-corrected chi connectivity index (χ2v) is 9.37. The maximum Gasteiger partial charge on any atom is 0.358 e. The number of halogens is 6. The zero-order valence-electron chi connectivity index (χ0n) is 16.1. The first-order chi connectivity index (χ1) is 13.9. The van der Waals surface area contributed by atoms with Crippen LogP contribution in [0.4, 0.5) is 8.78 Å². The second kappa shape index (κ2) is 8.66. The van der Waals surface area contributed by atoms with Crippen LogP contribution in [0.2, 0.25) is 10.0 Å². The van der Waals surface area contributed by atoms with E-state index in [1.54, 1.807) is 26.0 Å². The second-order valence-electron chi connectivity index (χ2n) is 7.70. The third-order valence-corrected chi connectivity index (χ3v) is 6.84. The smallest absolute Gasteiger partial charge is 0.358 e. The molecule has 160 valence electrons. The van der Waals surface area contributed by atoms with Gasteiger partial charge < -0.3 is 4.74 Å². The molecule has 2 unspecified atom stereocenters. The summed E-state index contributed by atoms with van der Waals surface area (Å²) in [5.74, 6) is -1.68. The first kappa shape index (κ1) is 23.3. The molecule has 0 aromatic heterocycles. The topological polar surface area (TPSA) is 26.3 Å². The van der Waals surface area contributed by atoms with E-state index >= 15 is 0 Å². The number of carbonyl (C=O) groups excluding carboxylic acids is 1. The minimum atomic E-state index is -3.67. The largest absolute Gasteiger partial charge is 0.460 e. The fourth-order valence-corrected chi connectivity index (χ4v) is 4.28. The van der Waals surface area contributed by atoms with Crippen molar-refractivity contribution in [1.82, 2.24) is 0 Å². The van der Waals surface area contributed by atoms with E-state index < -0.39 is 33.6 Å². The lowest BCUT2D eigenvalue weighted by atomic mass is 10.0. The van der Waals surface area contributed by atoms with Crippen LogP contribution in [0.25, 0.3) is 11.1 Å². The molecule has 2 aromatic rings. The minimum Gasteiger partial charge on any atom is -0.460 e. The summed E-state index contributed by atoms with van der Waals surface area (Å²) in [7, 11) is 0. The molecule has 30 heavy (non-hydrogen) atoms. The van der Waals surface area contributed by atoms with E-state index in [1.165, 1.54) is 0 Å². The fraction of sp³-hybridized carbons (Fsp3) is 0.318. The van der Waals surface area contributed by atoms with Crippen molar-refractivity contribution in [2.75, 3.05) is 0 Å². The van der Waals surface area contributed by atoms with Crippen LogP contribution in [-0.2, 0) is 16.1 Å². The number of rotatable bonds is 6. The van der Waals surface area contributed by atoms with E-state index in [-0.39, 0.29) is 6.61 Å². The van der Waals surface area contributed by atoms with Crippen LogP contribution < -0.4 is 0 Å². The summed E-state index contributed by atoms with van der Waals surface area (Å²) in [5, 5.41) is -3.73. The fourth-order valence-electron chi connectivity index (χ4n) is 3.49. The van der Waals surface area contributed by atoms with Gasteiger partial charge in [0.2, 0.25) is 0 Å². The van der Waals surface area contributed by atoms with Crippen LogP contribution in [0.15, 0.2) is 53.6 Å². The highest BCUT2D eigenvalue weighted by molar-refractivity contribution is 6.38. The van der Waals surface area contributed by atoms with Crippen molar-refractivity contribution in [3.63, 3.8) is 0 Å². The molecule has 0 heterocycles. The summed E-state index contributed by atoms with van der Waals surface area (Å²) in [5.41, 5.74) is 1.55. The Kier molecular flexibility index (Phi) is 6.74. The summed E-state index contributed by atoms with van der Waals surface area (Å²) in [6.07, 6.45) is 1.12. The van der Waals surface area contributed by atoms with E-state index in [9.17, 15) is 13.6 Å². The van der Waals surface area contributed by atoms with Gasteiger partial charge >= 0.3 is 11.4 Å². The molecule has 2 aromatic carbocycles. The molecule has 0 amide bonds. The van der Waals surface area contributed by atoms with Gasteiger partial charge in [-0.15, -0.1) is 0 Å². The average molecular weight is 494 g/mol. The molecular weight excluding hydrogens is 476 g/mol. The molecule has 1 fully saturated rings. The van der Waals surface area contributed by atoms with Crippen molar-refractivity contribution < 1.29 is 18.3 Å². The van der Waals surface area contributed by atoms with E-state index in [0.29, 0.717) is 15.6 Å². The van der Waals surface area contributed by atoms with Crippen LogP contribution in [0.5, 0.6) is 0 Å². The summed E-state index contributed by atoms with van der Waals surface area (Å²) < 4.78 is 31.7. The molecule has 8 heteroatoms. The number of allylic oxidation sites excluding steroid dienone is 2. The van der Waals surface area contributed by atoms with E-state index in [0.717, 1.165) is 17.2 Å². The van der Waals surface area contributed by atoms with Crippen molar-refractivity contribution in [1.29, 1.82) is 0 Å². The Morgan fingerprint density at radius 2 is 1.80 bits per heavy atom. The molecule has 0 radical (unpaired) electrons. The first-order valence-electron chi connectivity index (χ1n) is 9.08. The number of hydrogen-bond acceptors (Lipinski definition) is 2. The Balaban J connectivity index is 1.76. The van der Waals surface area contributed by atoms with Gasteiger partial charge in [0.1, 0.15) is 6.61 Å². The summed E-state index contributed by atoms with van der Waals surface area (Å²) >= 11 is 23.3. The number of alkyl halides is 3. The lowest BCUT2D eigenvalue weighted by molar-refractivity contribution is -0.147. The maximum atomic E-state index is 13.1. The van der Waals surface area contributed by atoms with Crippen molar-refractivity contribution in [2.24, 2.45) is 17.3 Å². The van der Waals surface area contributed by atoms with Crippen LogP contribution in [0.1, 0.15) is 19.4 Å². The molecule has 1 aliphatic carbocycles. The van der Waals surface area contributed by atoms with Gasteiger partial charge in [0.25, 0.3) is 0 Å². The van der Waals surface area contributed by atoms with E-state index in [2.05, 4.69) is 0 Å². The normalized spacial score (nSPS) is 20.7. The first-order valence-corrected chi connectivity index (χ1v) is 10.6. The zero-order chi connectivity index (χ0) is 22.3. The Labute approximate surface area is 193 Å². The molecule has 0 saturated heterocycles. The Hall–Kier alpha value is -1.33. The molecule has 3 rings (SSSR count). The molecule has 0 N–H and O–H groups in total. The molecule has 2 nitrogen and oxygen atoms in total. The van der Waals surface area contributed by atoms with Crippen molar-refractivity contribution in [3.05, 3.63) is 69.2 Å². The van der Waals surface area contributed by atoms with Gasteiger partial charge in [0.05, 0.1) is 16.0 Å². The molecule has 0 aliphatic heterocycles. The maximum absolute atomic E-state index is 13.1. The van der Waals surface area contributed by atoms with Gasteiger partial charge in [0, 0.05) is 16.1 Å². The standard InChI is InChI=1S/C22H18Cl4F2O2/c1-21(2)15(10-17(24)22(26,27)28)18(21)20(29)30-11-14-16(23)9-8-13(19(14)25)12-6-4-3-5-7-12/h3-10,15,18H,11H2,1-2H3/b17-10-. The summed E-state index contributed by atoms with van der Waals surface area (Å²) in [6, 6.07) is 13.0. The lowest BCUT2D eigenvalue weighted by Gasteiger charge is -2.13. The van der Waals surface area contributed by atoms with Gasteiger partial charge in [-0.05, 0) is 34.6 Å². The van der Waals surface area contributed by atoms with Crippen LogP contribution in [0, 0.1) is 17.3 Å². The van der Waals surface area contributed by atoms with E-state index in [4.69, 9.17) is 51.1 Å². The number of benzene rings is 2. The van der Waals surface area contributed by atoms with Gasteiger partial charge in [-0.1, -0.05) is 91.1 Å². The van der Waals surface area contributed by atoms with Gasteiger partial charge in [-0.2, -0.15) is 8.78 Å². The van der Waals surface area contributed by atoms with Gasteiger partial charge in [-0.25, -0.2) is 0 Å². The number of hydrogen-bond donors (Lipinski definition) is 0. The van der Waals surface area contributed by atoms with Crippen LogP contribution in [0.3, 0.4) is 0 Å². The van der Waals surface area contributed by atoms with Crippen LogP contribution in [-0.4, -0.2) is 11.4 Å². The SMILES string of the molecule is CC1(C)C(/C=C(\Cl)C(F)(F)Cl)C1C(=O)OCc1c(Cl)ccc(-c2ccccc2)c1Cl. The predicted octanol–water partition coefficient (Wildman–Crippen LogP) is 7.93. The minimum absolute atomic E-state index is 0.139. The number of esters is 1. The quantitative estimate of drug-likeness (QED) is 0.301. The highest BCUT2D eigenvalue weighted by atomic mass is 35.5. The summed E-state index contributed by atoms with van der Waals surface area (Å²) in [6.45, 7) is 3.40. The molecule has 2 atom stereocenters. The lowest BCUT2D eigenvalue weighted by Crippen LogP contribution is -2.11. The molecular formula is C22H18Cl4F2O2. The number of ether oxygens (including phenoxy) is 1. The molecule has 1 aliphatic rings. The zero-order valence-corrected chi connectivity index (χ0v) is 19.1. The number of carbonyl (C=O) groups is 1. The Bertz CT molecular complexity index is 985. The predicted molar refractivity (Wildman–Crippen MR) is 117 cm³/mol. The molecule has 0 spiro atoms. The highest BCUT2D eigenvalue weighted by Gasteiger charge is 2.62. The van der Waals surface area contributed by atoms with Gasteiger partial charge in [0.15, 0.2) is 0 Å². The summed E-state index contributed by atoms with van der Waals surface area (Å²) in [4.78, 5) is 12.6. The van der Waals surface area contributed by atoms with Gasteiger partial charge in [-0.3, -0.25) is 4.79 Å². The monoisotopic (exact) mass is 492 g/mol. The highest BCUT2D eigenvalue weighted by Crippen LogP contribution is 2.60. The van der Waals surface area contributed by atoms with Crippen LogP contribution >= 0.6 is 46.4 Å². The van der Waals surface area contributed by atoms with E-state index in [1.807, 2.05) is 30.3 Å². The Morgan fingerprint density at radius 3 is 2.40 bits per heavy atom. The van der Waals surface area contributed by atoms with Crippen molar-refractivity contribution in [3.8, 4) is 11.1 Å². The third kappa shape index (κ3) is 4.77. The van der Waals surface area contributed by atoms with Crippen molar-refractivity contribution >= 4 is 52.4 Å². The average Bonchev–Trinajstić information content (AvgIpc) is 3.21. The third-order valence-electron chi connectivity index (χ3n) is 5.39.